The van der Waals surface area contributed by atoms with E-state index in [1.54, 1.807) is 31.3 Å². The fraction of sp³-hybridized carbons (Fsp3) is 0.433. The Morgan fingerprint density at radius 2 is 1.69 bits per heavy atom. The Labute approximate surface area is 230 Å². The minimum absolute atomic E-state index is 0.334. The third-order valence-corrected chi connectivity index (χ3v) is 7.71. The normalized spacial score (nSPS) is 15.0. The molecule has 0 bridgehead atoms. The Hall–Kier alpha value is -3.69. The first-order valence-electron chi connectivity index (χ1n) is 13.4. The molecule has 2 aromatic heterocycles. The van der Waals surface area contributed by atoms with Gasteiger partial charge in [-0.05, 0) is 63.9 Å². The van der Waals surface area contributed by atoms with Crippen LogP contribution >= 0.6 is 0 Å². The number of ether oxygens (including phenoxy) is 2. The number of hydrogen-bond donors (Lipinski definition) is 1. The maximum Gasteiger partial charge on any atom is 0.124 e. The summed E-state index contributed by atoms with van der Waals surface area (Å²) in [6.07, 6.45) is 7.53. The Bertz CT molecular complexity index is 1400. The topological polar surface area (TPSA) is 88.8 Å². The summed E-state index contributed by atoms with van der Waals surface area (Å²) in [5.41, 5.74) is 4.74. The quantitative estimate of drug-likeness (QED) is 0.334. The summed E-state index contributed by atoms with van der Waals surface area (Å²) in [6.45, 7) is 7.45. The number of fused-ring (bicyclic) bond motifs is 1. The first-order chi connectivity index (χ1) is 18.7. The zero-order valence-electron chi connectivity index (χ0n) is 23.5. The molecule has 5 rings (SSSR count). The van der Waals surface area contributed by atoms with E-state index in [1.807, 2.05) is 51.4 Å². The molecule has 1 fully saturated rings. The number of aromatic nitrogens is 4. The zero-order valence-corrected chi connectivity index (χ0v) is 23.5. The van der Waals surface area contributed by atoms with E-state index in [-0.39, 0.29) is 0 Å². The monoisotopic (exact) mass is 530 g/mol. The highest BCUT2D eigenvalue weighted by Crippen LogP contribution is 2.34. The molecule has 9 nitrogen and oxygen atoms in total. The average molecular weight is 531 g/mol. The van der Waals surface area contributed by atoms with Crippen LogP contribution in [0.3, 0.4) is 0 Å². The van der Waals surface area contributed by atoms with Gasteiger partial charge in [0, 0.05) is 61.5 Å². The molecule has 0 atom stereocenters. The number of hydrogen-bond acceptors (Lipinski definition) is 8. The second-order valence-electron chi connectivity index (χ2n) is 10.8. The highest BCUT2D eigenvalue weighted by molar-refractivity contribution is 5.82. The van der Waals surface area contributed by atoms with Crippen LogP contribution in [-0.4, -0.2) is 75.8 Å². The van der Waals surface area contributed by atoms with E-state index < -0.39 is 5.60 Å². The van der Waals surface area contributed by atoms with Gasteiger partial charge in [0.2, 0.25) is 0 Å². The minimum Gasteiger partial charge on any atom is -0.497 e. The first-order valence-corrected chi connectivity index (χ1v) is 13.4. The molecule has 0 saturated carbocycles. The predicted molar refractivity (Wildman–Crippen MR) is 154 cm³/mol. The smallest absolute Gasteiger partial charge is 0.124 e. The van der Waals surface area contributed by atoms with Gasteiger partial charge in [0.05, 0.1) is 48.9 Å². The number of aliphatic hydroxyl groups is 1. The summed E-state index contributed by atoms with van der Waals surface area (Å²) in [5, 5.41) is 14.7. The largest absolute Gasteiger partial charge is 0.497 e. The molecule has 3 heterocycles. The molecular weight excluding hydrogens is 492 g/mol. The summed E-state index contributed by atoms with van der Waals surface area (Å²) in [5.74, 6) is 1.81. The third kappa shape index (κ3) is 6.15. The van der Waals surface area contributed by atoms with Crippen molar-refractivity contribution in [1.82, 2.24) is 24.6 Å². The summed E-state index contributed by atoms with van der Waals surface area (Å²) >= 11 is 0. The van der Waals surface area contributed by atoms with E-state index in [4.69, 9.17) is 14.5 Å². The van der Waals surface area contributed by atoms with E-state index in [2.05, 4.69) is 32.0 Å². The number of rotatable bonds is 9. The van der Waals surface area contributed by atoms with Crippen LogP contribution in [0.1, 0.15) is 26.7 Å². The molecule has 0 aliphatic carbocycles. The Kier molecular flexibility index (Phi) is 7.72. The molecule has 4 aromatic rings. The average Bonchev–Trinajstić information content (AvgIpc) is 3.38. The second-order valence-corrected chi connectivity index (χ2v) is 10.8. The molecule has 0 spiro atoms. The van der Waals surface area contributed by atoms with Gasteiger partial charge in [-0.3, -0.25) is 9.67 Å². The Morgan fingerprint density at radius 3 is 2.31 bits per heavy atom. The number of aryl methyl sites for hydroxylation is 1. The second kappa shape index (κ2) is 11.2. The molecular formula is C30H38N6O3. The molecule has 39 heavy (non-hydrogen) atoms. The van der Waals surface area contributed by atoms with E-state index >= 15 is 0 Å². The first kappa shape index (κ1) is 26.9. The molecule has 0 unspecified atom stereocenters. The Balaban J connectivity index is 1.46. The van der Waals surface area contributed by atoms with Crippen molar-refractivity contribution >= 4 is 22.4 Å². The molecule has 0 amide bonds. The van der Waals surface area contributed by atoms with Crippen LogP contribution in [0.15, 0.2) is 55.0 Å². The van der Waals surface area contributed by atoms with E-state index in [0.29, 0.717) is 5.92 Å². The van der Waals surface area contributed by atoms with Crippen molar-refractivity contribution in [3.05, 3.63) is 55.0 Å². The molecule has 0 radical (unpaired) electrons. The van der Waals surface area contributed by atoms with Crippen molar-refractivity contribution in [3.63, 3.8) is 0 Å². The lowest BCUT2D eigenvalue weighted by Gasteiger charge is -2.38. The fourth-order valence-corrected chi connectivity index (χ4v) is 5.32. The number of methoxy groups -OCH3 is 2. The van der Waals surface area contributed by atoms with Crippen LogP contribution in [0.5, 0.6) is 11.5 Å². The van der Waals surface area contributed by atoms with Gasteiger partial charge < -0.3 is 24.4 Å². The number of benzene rings is 2. The standard InChI is InChI=1S/C30H38N6O3/c1-30(2,37)22-8-10-35(11-9-22)12-13-36(24-14-25(38-4)17-26(15-24)39-5)23-6-7-27-28(16-23)33-29(19-31-27)21-18-32-34(3)20-21/h6-7,14-20,22,37H,8-13H2,1-5H3. The number of anilines is 2. The SMILES string of the molecule is COc1cc(OC)cc(N(CCN2CCC(C(C)(C)O)CC2)c2ccc3ncc(-c4cnn(C)c4)nc3c2)c1. The summed E-state index contributed by atoms with van der Waals surface area (Å²) in [7, 11) is 5.23. The van der Waals surface area contributed by atoms with Crippen LogP contribution in [0.25, 0.3) is 22.3 Å². The maximum absolute atomic E-state index is 10.5. The lowest BCUT2D eigenvalue weighted by atomic mass is 9.83. The summed E-state index contributed by atoms with van der Waals surface area (Å²) in [4.78, 5) is 14.3. The number of piperidine rings is 1. The molecule has 1 aliphatic heterocycles. The molecule has 2 aromatic carbocycles. The van der Waals surface area contributed by atoms with Crippen molar-refractivity contribution in [1.29, 1.82) is 0 Å². The van der Waals surface area contributed by atoms with Crippen LogP contribution in [0.4, 0.5) is 11.4 Å². The molecule has 1 saturated heterocycles. The van der Waals surface area contributed by atoms with E-state index in [1.165, 1.54) is 0 Å². The van der Waals surface area contributed by atoms with Crippen molar-refractivity contribution in [2.24, 2.45) is 13.0 Å². The van der Waals surface area contributed by atoms with E-state index in [9.17, 15) is 5.11 Å². The predicted octanol–water partition coefficient (Wildman–Crippen LogP) is 4.67. The summed E-state index contributed by atoms with van der Waals surface area (Å²) in [6, 6.07) is 12.1. The zero-order chi connectivity index (χ0) is 27.6. The van der Waals surface area contributed by atoms with Crippen molar-refractivity contribution in [2.75, 3.05) is 45.3 Å². The van der Waals surface area contributed by atoms with Crippen molar-refractivity contribution < 1.29 is 14.6 Å². The van der Waals surface area contributed by atoms with E-state index in [0.717, 1.165) is 84.2 Å². The minimum atomic E-state index is -0.629. The van der Waals surface area contributed by atoms with Crippen LogP contribution in [0.2, 0.25) is 0 Å². The lowest BCUT2D eigenvalue weighted by molar-refractivity contribution is -0.0121. The fourth-order valence-electron chi connectivity index (χ4n) is 5.32. The van der Waals surface area contributed by atoms with Crippen LogP contribution in [-0.2, 0) is 7.05 Å². The van der Waals surface area contributed by atoms with Gasteiger partial charge in [-0.25, -0.2) is 4.98 Å². The van der Waals surface area contributed by atoms with Gasteiger partial charge in [-0.1, -0.05) is 0 Å². The highest BCUT2D eigenvalue weighted by atomic mass is 16.5. The lowest BCUT2D eigenvalue weighted by Crippen LogP contribution is -2.43. The van der Waals surface area contributed by atoms with Gasteiger partial charge in [0.25, 0.3) is 0 Å². The van der Waals surface area contributed by atoms with Crippen LogP contribution in [0, 0.1) is 5.92 Å². The molecule has 206 valence electrons. The van der Waals surface area contributed by atoms with Gasteiger partial charge >= 0.3 is 0 Å². The van der Waals surface area contributed by atoms with Gasteiger partial charge in [-0.2, -0.15) is 5.10 Å². The number of likely N-dealkylation sites (tertiary alicyclic amines) is 1. The Morgan fingerprint density at radius 1 is 0.974 bits per heavy atom. The van der Waals surface area contributed by atoms with Gasteiger partial charge in [0.15, 0.2) is 0 Å². The van der Waals surface area contributed by atoms with Gasteiger partial charge in [-0.15, -0.1) is 0 Å². The van der Waals surface area contributed by atoms with Crippen molar-refractivity contribution in [2.45, 2.75) is 32.3 Å². The summed E-state index contributed by atoms with van der Waals surface area (Å²) < 4.78 is 12.9. The molecule has 1 N–H and O–H groups in total. The maximum atomic E-state index is 10.5. The van der Waals surface area contributed by atoms with Crippen molar-refractivity contribution in [3.8, 4) is 22.8 Å². The third-order valence-electron chi connectivity index (χ3n) is 7.71. The molecule has 1 aliphatic rings. The van der Waals surface area contributed by atoms with Gasteiger partial charge in [0.1, 0.15) is 11.5 Å². The number of nitrogens with zero attached hydrogens (tertiary/aromatic N) is 6. The highest BCUT2D eigenvalue weighted by Gasteiger charge is 2.30. The molecule has 9 heteroatoms. The van der Waals surface area contributed by atoms with Crippen LogP contribution < -0.4 is 14.4 Å².